The molecule has 0 bridgehead atoms. The zero-order chi connectivity index (χ0) is 31.6. The van der Waals surface area contributed by atoms with Gasteiger partial charge in [-0.1, -0.05) is 12.1 Å². The topological polar surface area (TPSA) is 123 Å². The molecule has 4 amide bonds. The molecule has 0 radical (unpaired) electrons. The van der Waals surface area contributed by atoms with Crippen molar-refractivity contribution in [3.8, 4) is 6.07 Å². The van der Waals surface area contributed by atoms with Gasteiger partial charge in [0.05, 0.1) is 41.1 Å². The first-order valence-electron chi connectivity index (χ1n) is 13.5. The second-order valence-electron chi connectivity index (χ2n) is 10.3. The van der Waals surface area contributed by atoms with Crippen molar-refractivity contribution in [2.75, 3.05) is 31.6 Å². The quantitative estimate of drug-likeness (QED) is 0.494. The minimum atomic E-state index is -4.67. The van der Waals surface area contributed by atoms with Crippen molar-refractivity contribution in [3.63, 3.8) is 0 Å². The standard InChI is InChI=1S/C30H30F3N5O5/c1-5-43-28(41)25-17(2)38(22-8-6-7-20(14-22)30(31,32)33)29(42)36(4)26(25)23-10-9-19(15-34)13-24(23)27(40)37-12-11-21(16-37)35-18(3)39/h6-10,13-14,21,26H,5,11-12,16H2,1-4H3,(H,35,39)/t21-,26?/m0/s1. The van der Waals surface area contributed by atoms with Crippen LogP contribution in [0, 0.1) is 11.3 Å². The number of rotatable bonds is 6. The Morgan fingerprint density at radius 2 is 1.88 bits per heavy atom. The van der Waals surface area contributed by atoms with E-state index in [2.05, 4.69) is 5.32 Å². The zero-order valence-corrected chi connectivity index (χ0v) is 24.0. The normalized spacial score (nSPS) is 18.9. The van der Waals surface area contributed by atoms with E-state index in [0.717, 1.165) is 28.0 Å². The summed E-state index contributed by atoms with van der Waals surface area (Å²) in [7, 11) is 1.37. The number of carbonyl (C=O) groups is 4. The number of amides is 4. The Morgan fingerprint density at radius 3 is 2.51 bits per heavy atom. The molecule has 2 aliphatic rings. The summed E-state index contributed by atoms with van der Waals surface area (Å²) in [5.41, 5.74) is -0.655. The lowest BCUT2D eigenvalue weighted by Gasteiger charge is -2.41. The number of likely N-dealkylation sites (tertiary alicyclic amines) is 1. The molecule has 10 nitrogen and oxygen atoms in total. The van der Waals surface area contributed by atoms with E-state index in [1.807, 2.05) is 6.07 Å². The third-order valence-corrected chi connectivity index (χ3v) is 7.40. The average molecular weight is 598 g/mol. The Hall–Kier alpha value is -4.86. The highest BCUT2D eigenvalue weighted by Gasteiger charge is 2.43. The van der Waals surface area contributed by atoms with Crippen molar-refractivity contribution >= 4 is 29.5 Å². The zero-order valence-electron chi connectivity index (χ0n) is 24.0. The molecule has 43 heavy (non-hydrogen) atoms. The summed E-state index contributed by atoms with van der Waals surface area (Å²) in [6, 6.07) is 8.29. The highest BCUT2D eigenvalue weighted by atomic mass is 19.4. The Bertz CT molecular complexity index is 1550. The maximum atomic E-state index is 13.9. The van der Waals surface area contributed by atoms with Gasteiger partial charge >= 0.3 is 18.2 Å². The fourth-order valence-electron chi connectivity index (χ4n) is 5.45. The number of nitrogens with one attached hydrogen (secondary N) is 1. The Morgan fingerprint density at radius 1 is 1.16 bits per heavy atom. The fourth-order valence-corrected chi connectivity index (χ4v) is 5.45. The Balaban J connectivity index is 1.87. The SMILES string of the molecule is CCOC(=O)C1=C(C)N(c2cccc(C(F)(F)F)c2)C(=O)N(C)C1c1ccc(C#N)cc1C(=O)N1CC[C@H](NC(C)=O)C1. The smallest absolute Gasteiger partial charge is 0.416 e. The molecular weight excluding hydrogens is 567 g/mol. The second kappa shape index (κ2) is 12.2. The number of hydrogen-bond donors (Lipinski definition) is 1. The summed E-state index contributed by atoms with van der Waals surface area (Å²) < 4.78 is 45.9. The molecule has 1 N–H and O–H groups in total. The number of urea groups is 1. The van der Waals surface area contributed by atoms with E-state index in [1.54, 1.807) is 6.92 Å². The number of nitriles is 1. The van der Waals surface area contributed by atoms with E-state index in [-0.39, 0.29) is 58.7 Å². The van der Waals surface area contributed by atoms with Crippen molar-refractivity contribution in [1.29, 1.82) is 5.26 Å². The van der Waals surface area contributed by atoms with Crippen molar-refractivity contribution in [1.82, 2.24) is 15.1 Å². The van der Waals surface area contributed by atoms with E-state index >= 15 is 0 Å². The lowest BCUT2D eigenvalue weighted by atomic mass is 9.88. The molecule has 2 aromatic rings. The molecule has 0 aromatic heterocycles. The monoisotopic (exact) mass is 597 g/mol. The van der Waals surface area contributed by atoms with E-state index < -0.39 is 35.7 Å². The van der Waals surface area contributed by atoms with Gasteiger partial charge in [-0.3, -0.25) is 14.5 Å². The lowest BCUT2D eigenvalue weighted by Crippen LogP contribution is -2.49. The minimum absolute atomic E-state index is 0.0268. The van der Waals surface area contributed by atoms with E-state index in [1.165, 1.54) is 50.1 Å². The third kappa shape index (κ3) is 6.18. The van der Waals surface area contributed by atoms with Crippen LogP contribution in [0.15, 0.2) is 53.7 Å². The number of nitrogens with zero attached hydrogens (tertiary/aromatic N) is 4. The molecule has 2 aromatic carbocycles. The predicted molar refractivity (Wildman–Crippen MR) is 148 cm³/mol. The van der Waals surface area contributed by atoms with Crippen molar-refractivity contribution in [3.05, 3.63) is 76.0 Å². The number of ether oxygens (including phenoxy) is 1. The minimum Gasteiger partial charge on any atom is -0.463 e. The molecule has 1 fully saturated rings. The van der Waals surface area contributed by atoms with Gasteiger partial charge < -0.3 is 19.9 Å². The average Bonchev–Trinajstić information content (AvgIpc) is 3.42. The number of benzene rings is 2. The van der Waals surface area contributed by atoms with Gasteiger partial charge in [0, 0.05) is 44.4 Å². The van der Waals surface area contributed by atoms with Gasteiger partial charge in [0.15, 0.2) is 0 Å². The molecule has 0 aliphatic carbocycles. The number of likely N-dealkylation sites (N-methyl/N-ethyl adjacent to an activating group) is 1. The summed E-state index contributed by atoms with van der Waals surface area (Å²) in [4.78, 5) is 56.3. The highest BCUT2D eigenvalue weighted by molar-refractivity contribution is 6.04. The Kier molecular flexibility index (Phi) is 8.80. The molecule has 0 spiro atoms. The van der Waals surface area contributed by atoms with Crippen LogP contribution in [0.2, 0.25) is 0 Å². The Labute approximate surface area is 246 Å². The summed E-state index contributed by atoms with van der Waals surface area (Å²) >= 11 is 0. The van der Waals surface area contributed by atoms with Gasteiger partial charge in [0.1, 0.15) is 0 Å². The van der Waals surface area contributed by atoms with Crippen molar-refractivity contribution < 1.29 is 37.1 Å². The molecule has 4 rings (SSSR count). The molecule has 2 heterocycles. The van der Waals surface area contributed by atoms with E-state index in [4.69, 9.17) is 4.74 Å². The van der Waals surface area contributed by atoms with Crippen LogP contribution in [0.3, 0.4) is 0 Å². The van der Waals surface area contributed by atoms with Crippen molar-refractivity contribution in [2.45, 2.75) is 45.5 Å². The summed E-state index contributed by atoms with van der Waals surface area (Å²) in [5, 5.41) is 12.4. The summed E-state index contributed by atoms with van der Waals surface area (Å²) in [5.74, 6) is -1.53. The number of carbonyl (C=O) groups excluding carboxylic acids is 4. The number of halogens is 3. The van der Waals surface area contributed by atoms with Crippen LogP contribution >= 0.6 is 0 Å². The van der Waals surface area contributed by atoms with Gasteiger partial charge in [-0.05, 0) is 56.2 Å². The molecule has 2 aliphatic heterocycles. The molecule has 226 valence electrons. The molecule has 0 saturated carbocycles. The van der Waals surface area contributed by atoms with Gasteiger partial charge in [-0.25, -0.2) is 9.59 Å². The van der Waals surface area contributed by atoms with Crippen LogP contribution in [-0.2, 0) is 20.5 Å². The fraction of sp³-hybridized carbons (Fsp3) is 0.367. The maximum Gasteiger partial charge on any atom is 0.416 e. The predicted octanol–water partition coefficient (Wildman–Crippen LogP) is 4.38. The van der Waals surface area contributed by atoms with Crippen molar-refractivity contribution in [2.24, 2.45) is 0 Å². The van der Waals surface area contributed by atoms with Gasteiger partial charge in [-0.2, -0.15) is 18.4 Å². The van der Waals surface area contributed by atoms with E-state index in [9.17, 15) is 37.6 Å². The molecule has 1 saturated heterocycles. The summed E-state index contributed by atoms with van der Waals surface area (Å²) in [6.07, 6.45) is -4.16. The molecular formula is C30H30F3N5O5. The molecule has 1 unspecified atom stereocenters. The number of allylic oxidation sites excluding steroid dienone is 1. The number of anilines is 1. The van der Waals surface area contributed by atoms with Crippen LogP contribution in [-0.4, -0.2) is 66.4 Å². The molecule has 2 atom stereocenters. The maximum absolute atomic E-state index is 13.9. The number of hydrogen-bond acceptors (Lipinski definition) is 6. The summed E-state index contributed by atoms with van der Waals surface area (Å²) in [6.45, 7) is 4.90. The lowest BCUT2D eigenvalue weighted by molar-refractivity contribution is -0.139. The van der Waals surface area contributed by atoms with Crippen LogP contribution in [0.4, 0.5) is 23.7 Å². The van der Waals surface area contributed by atoms with E-state index in [0.29, 0.717) is 13.0 Å². The largest absolute Gasteiger partial charge is 0.463 e. The third-order valence-electron chi connectivity index (χ3n) is 7.40. The van der Waals surface area contributed by atoms with Crippen LogP contribution in [0.5, 0.6) is 0 Å². The number of esters is 1. The highest BCUT2D eigenvalue weighted by Crippen LogP contribution is 2.42. The van der Waals surface area contributed by atoms with Gasteiger partial charge in [0.2, 0.25) is 5.91 Å². The first-order chi connectivity index (χ1) is 20.3. The van der Waals surface area contributed by atoms with Crippen LogP contribution in [0.25, 0.3) is 0 Å². The van der Waals surface area contributed by atoms with Crippen LogP contribution < -0.4 is 10.2 Å². The second-order valence-corrected chi connectivity index (χ2v) is 10.3. The molecule has 13 heteroatoms. The number of alkyl halides is 3. The first kappa shape index (κ1) is 31.1. The van der Waals surface area contributed by atoms with Gasteiger partial charge in [0.25, 0.3) is 5.91 Å². The first-order valence-corrected chi connectivity index (χ1v) is 13.5. The van der Waals surface area contributed by atoms with Gasteiger partial charge in [-0.15, -0.1) is 0 Å². The van der Waals surface area contributed by atoms with Crippen LogP contribution in [0.1, 0.15) is 60.3 Å².